The van der Waals surface area contributed by atoms with Gasteiger partial charge in [-0.05, 0) is 85.0 Å². The van der Waals surface area contributed by atoms with Gasteiger partial charge in [0, 0.05) is 12.2 Å². The molecule has 3 rings (SSSR count). The fourth-order valence-electron chi connectivity index (χ4n) is 3.89. The largest absolute Gasteiger partial charge is 0.494 e. The third kappa shape index (κ3) is 14.5. The van der Waals surface area contributed by atoms with E-state index in [1.807, 2.05) is 12.1 Å². The van der Waals surface area contributed by atoms with Crippen molar-refractivity contribution in [2.24, 2.45) is 0 Å². The molecule has 0 bridgehead atoms. The molecule has 0 radical (unpaired) electrons. The Kier molecular flexibility index (Phi) is 17.1. The number of rotatable bonds is 20. The minimum absolute atomic E-state index is 0.0171. The lowest BCUT2D eigenvalue weighted by molar-refractivity contribution is -0.138. The second-order valence-electron chi connectivity index (χ2n) is 10.3. The molecule has 0 spiro atoms. The summed E-state index contributed by atoms with van der Waals surface area (Å²) in [5.74, 6) is -0.739. The van der Waals surface area contributed by atoms with Gasteiger partial charge in [0.1, 0.15) is 34.8 Å². The van der Waals surface area contributed by atoms with E-state index in [0.717, 1.165) is 12.2 Å². The fourth-order valence-corrected chi connectivity index (χ4v) is 4.48. The number of esters is 3. The summed E-state index contributed by atoms with van der Waals surface area (Å²) in [6, 6.07) is 17.2. The summed E-state index contributed by atoms with van der Waals surface area (Å²) in [4.78, 5) is 55.6. The van der Waals surface area contributed by atoms with E-state index in [2.05, 4.69) is 23.1 Å². The zero-order valence-corrected chi connectivity index (χ0v) is 28.8. The number of benzene rings is 2. The molecule has 0 fully saturated rings. The predicted octanol–water partition coefficient (Wildman–Crippen LogP) is 5.99. The maximum absolute atomic E-state index is 12.8. The third-order valence-electron chi connectivity index (χ3n) is 6.50. The number of hydrogen-bond donors (Lipinski definition) is 0. The molecule has 13 nitrogen and oxygen atoms in total. The molecular weight excluding hydrogens is 689 g/mol. The highest BCUT2D eigenvalue weighted by atomic mass is 32.2. The van der Waals surface area contributed by atoms with Crippen LogP contribution in [0.2, 0.25) is 0 Å². The van der Waals surface area contributed by atoms with Crippen molar-refractivity contribution in [3.8, 4) is 29.4 Å². The van der Waals surface area contributed by atoms with Crippen molar-refractivity contribution in [2.75, 3.05) is 26.4 Å². The van der Waals surface area contributed by atoms with Crippen molar-refractivity contribution in [1.29, 1.82) is 10.5 Å². The van der Waals surface area contributed by atoms with E-state index in [-0.39, 0.29) is 35.3 Å². The summed E-state index contributed by atoms with van der Waals surface area (Å²) < 4.78 is 26.4. The van der Waals surface area contributed by atoms with Crippen LogP contribution in [-0.2, 0) is 28.7 Å². The van der Waals surface area contributed by atoms with E-state index in [9.17, 15) is 29.7 Å². The number of nitriles is 2. The predicted molar refractivity (Wildman–Crippen MR) is 190 cm³/mol. The molecule has 2 aromatic carbocycles. The Morgan fingerprint density at radius 1 is 0.654 bits per heavy atom. The fraction of sp³-hybridized carbons (Fsp3) is 0.211. The molecule has 0 atom stereocenters. The van der Waals surface area contributed by atoms with Crippen LogP contribution in [-0.4, -0.2) is 59.4 Å². The number of hydrogen-bond acceptors (Lipinski definition) is 14. The molecule has 0 amide bonds. The lowest BCUT2D eigenvalue weighted by Gasteiger charge is -2.07. The quantitative estimate of drug-likeness (QED) is 0.0330. The minimum atomic E-state index is -0.933. The van der Waals surface area contributed by atoms with Gasteiger partial charge in [-0.15, -0.1) is 0 Å². The monoisotopic (exact) mass is 722 g/mol. The maximum atomic E-state index is 12.8. The maximum Gasteiger partial charge on any atom is 0.354 e. The number of thioether (sulfide) groups is 1. The zero-order chi connectivity index (χ0) is 37.6. The Morgan fingerprint density at radius 2 is 1.10 bits per heavy atom. The SMILES string of the molecule is C=CC(=O)OCCCCOc1ccc(/C=C(\C#N)C(=O)Oc2cnc(SC(=O)/C(C#N)=C/c3ccc(OCCCCOC(=O)C=C)cc3)nc2)cc1. The first-order valence-electron chi connectivity index (χ1n) is 15.8. The van der Waals surface area contributed by atoms with E-state index >= 15 is 0 Å². The molecule has 0 aliphatic rings. The number of carbonyl (C=O) groups is 4. The van der Waals surface area contributed by atoms with Crippen molar-refractivity contribution in [1.82, 2.24) is 9.97 Å². The van der Waals surface area contributed by atoms with E-state index in [0.29, 0.717) is 73.3 Å². The van der Waals surface area contributed by atoms with Gasteiger partial charge >= 0.3 is 17.9 Å². The van der Waals surface area contributed by atoms with Crippen molar-refractivity contribution in [3.05, 3.63) is 109 Å². The molecular formula is C38H34N4O9S. The molecule has 0 aliphatic carbocycles. The molecule has 0 unspecified atom stereocenters. The number of unbranched alkanes of at least 4 members (excludes halogenated alkanes) is 2. The Balaban J connectivity index is 1.47. The van der Waals surface area contributed by atoms with E-state index < -0.39 is 23.0 Å². The second-order valence-corrected chi connectivity index (χ2v) is 11.3. The number of carbonyl (C=O) groups excluding carboxylic acids is 4. The second kappa shape index (κ2) is 22.3. The average molecular weight is 723 g/mol. The van der Waals surface area contributed by atoms with Gasteiger partial charge in [-0.3, -0.25) is 4.79 Å². The number of nitrogens with zero attached hydrogens (tertiary/aromatic N) is 4. The van der Waals surface area contributed by atoms with Gasteiger partial charge in [0.15, 0.2) is 10.9 Å². The van der Waals surface area contributed by atoms with Crippen LogP contribution in [0.5, 0.6) is 17.2 Å². The minimum Gasteiger partial charge on any atom is -0.494 e. The smallest absolute Gasteiger partial charge is 0.354 e. The summed E-state index contributed by atoms with van der Waals surface area (Å²) in [5.41, 5.74) is 0.740. The normalized spacial score (nSPS) is 10.9. The van der Waals surface area contributed by atoms with E-state index in [4.69, 9.17) is 23.7 Å². The van der Waals surface area contributed by atoms with Crippen LogP contribution in [0.3, 0.4) is 0 Å². The van der Waals surface area contributed by atoms with Gasteiger partial charge in [-0.1, -0.05) is 37.4 Å². The van der Waals surface area contributed by atoms with Crippen LogP contribution in [0.15, 0.2) is 103 Å². The highest BCUT2D eigenvalue weighted by Gasteiger charge is 2.16. The molecule has 14 heteroatoms. The first-order chi connectivity index (χ1) is 25.2. The average Bonchev–Trinajstić information content (AvgIpc) is 3.16. The molecule has 0 aliphatic heterocycles. The summed E-state index contributed by atoms with van der Waals surface area (Å²) >= 11 is 0.622. The Morgan fingerprint density at radius 3 is 1.54 bits per heavy atom. The van der Waals surface area contributed by atoms with Gasteiger partial charge < -0.3 is 23.7 Å². The van der Waals surface area contributed by atoms with Crippen LogP contribution in [0, 0.1) is 22.7 Å². The molecule has 0 N–H and O–H groups in total. The molecule has 1 heterocycles. The van der Waals surface area contributed by atoms with Crippen molar-refractivity contribution < 1.29 is 42.9 Å². The van der Waals surface area contributed by atoms with Crippen molar-refractivity contribution >= 4 is 46.9 Å². The van der Waals surface area contributed by atoms with Gasteiger partial charge in [-0.25, -0.2) is 24.4 Å². The Labute approximate surface area is 304 Å². The first kappa shape index (κ1) is 39.9. The number of aromatic nitrogens is 2. The van der Waals surface area contributed by atoms with Crippen molar-refractivity contribution in [2.45, 2.75) is 30.8 Å². The van der Waals surface area contributed by atoms with Crippen LogP contribution < -0.4 is 14.2 Å². The summed E-state index contributed by atoms with van der Waals surface area (Å²) in [6.45, 7) is 8.05. The standard InChI is InChI=1S/C38H34N4O9S/c1-3-34(43)49-19-7-5-17-47-31-13-9-27(10-14-31)21-29(23-39)36(45)51-33-25-41-38(42-26-33)52-37(46)30(24-40)22-28-11-15-32(16-12-28)48-18-6-8-20-50-35(44)4-2/h3-4,9-16,21-22,25-26H,1-2,5-8,17-20H2/b29-21+,30-22+. The third-order valence-corrected chi connectivity index (χ3v) is 7.30. The van der Waals surface area contributed by atoms with Crippen LogP contribution in [0.25, 0.3) is 12.2 Å². The highest BCUT2D eigenvalue weighted by Crippen LogP contribution is 2.23. The Bertz CT molecular complexity index is 1720. The van der Waals surface area contributed by atoms with Gasteiger partial charge in [-0.2, -0.15) is 10.5 Å². The summed E-state index contributed by atoms with van der Waals surface area (Å²) in [5, 5.41) is 18.5. The summed E-state index contributed by atoms with van der Waals surface area (Å²) in [7, 11) is 0. The van der Waals surface area contributed by atoms with Crippen LogP contribution in [0.1, 0.15) is 36.8 Å². The Hall–Kier alpha value is -6.51. The first-order valence-corrected chi connectivity index (χ1v) is 16.6. The molecule has 3 aromatic rings. The molecule has 0 saturated carbocycles. The highest BCUT2D eigenvalue weighted by molar-refractivity contribution is 8.14. The molecule has 0 saturated heterocycles. The van der Waals surface area contributed by atoms with Crippen molar-refractivity contribution in [3.63, 3.8) is 0 Å². The summed E-state index contributed by atoms with van der Waals surface area (Å²) in [6.07, 6.45) is 9.96. The topological polar surface area (TPSA) is 188 Å². The lowest BCUT2D eigenvalue weighted by atomic mass is 10.1. The molecule has 1 aromatic heterocycles. The number of ether oxygens (including phenoxy) is 5. The van der Waals surface area contributed by atoms with E-state index in [1.54, 1.807) is 48.5 Å². The molecule has 266 valence electrons. The van der Waals surface area contributed by atoms with E-state index in [1.165, 1.54) is 24.5 Å². The molecule has 52 heavy (non-hydrogen) atoms. The zero-order valence-electron chi connectivity index (χ0n) is 28.0. The van der Waals surface area contributed by atoms with Crippen LogP contribution in [0.4, 0.5) is 0 Å². The van der Waals surface area contributed by atoms with Gasteiger partial charge in [0.05, 0.1) is 38.8 Å². The van der Waals surface area contributed by atoms with Gasteiger partial charge in [0.2, 0.25) is 5.12 Å². The van der Waals surface area contributed by atoms with Gasteiger partial charge in [0.25, 0.3) is 0 Å². The lowest BCUT2D eigenvalue weighted by Crippen LogP contribution is -2.10. The van der Waals surface area contributed by atoms with Crippen LogP contribution >= 0.6 is 11.8 Å².